The molecule has 0 radical (unpaired) electrons. The van der Waals surface area contributed by atoms with Crippen molar-refractivity contribution in [1.82, 2.24) is 0 Å². The van der Waals surface area contributed by atoms with Crippen molar-refractivity contribution in [1.29, 1.82) is 5.26 Å². The Morgan fingerprint density at radius 1 is 1.78 bits per heavy atom. The summed E-state index contributed by atoms with van der Waals surface area (Å²) < 4.78 is 0. The lowest BCUT2D eigenvalue weighted by molar-refractivity contribution is 0.795. The Labute approximate surface area is 55.2 Å². The van der Waals surface area contributed by atoms with E-state index in [0.717, 1.165) is 25.0 Å². The van der Waals surface area contributed by atoms with Gasteiger partial charge in [0.2, 0.25) is 0 Å². The van der Waals surface area contributed by atoms with Crippen molar-refractivity contribution >= 4 is 5.71 Å². The lowest BCUT2D eigenvalue weighted by atomic mass is 10.1. The fourth-order valence-corrected chi connectivity index (χ4v) is 1.23. The molecule has 2 nitrogen and oxygen atoms in total. The normalized spacial score (nSPS) is 30.7. The van der Waals surface area contributed by atoms with Crippen LogP contribution in [0, 0.1) is 17.2 Å². The van der Waals surface area contributed by atoms with Gasteiger partial charge < -0.3 is 0 Å². The number of nitrogens with zero attached hydrogens (tertiary/aromatic N) is 2. The van der Waals surface area contributed by atoms with E-state index < -0.39 is 0 Å². The van der Waals surface area contributed by atoms with E-state index in [-0.39, 0.29) is 5.92 Å². The lowest BCUT2D eigenvalue weighted by Crippen LogP contribution is -2.02. The Morgan fingerprint density at radius 2 is 2.56 bits per heavy atom. The smallest absolute Gasteiger partial charge is 0.0841 e. The summed E-state index contributed by atoms with van der Waals surface area (Å²) in [6.45, 7) is 0. The van der Waals surface area contributed by atoms with Crippen LogP contribution in [-0.2, 0) is 0 Å². The van der Waals surface area contributed by atoms with Gasteiger partial charge in [-0.2, -0.15) is 5.26 Å². The molecule has 2 heteroatoms. The Kier molecular flexibility index (Phi) is 1.84. The molecule has 1 saturated carbocycles. The van der Waals surface area contributed by atoms with Gasteiger partial charge in [-0.15, -0.1) is 0 Å². The Balaban J connectivity index is 2.65. The van der Waals surface area contributed by atoms with Crippen molar-refractivity contribution in [3.05, 3.63) is 0 Å². The van der Waals surface area contributed by atoms with Gasteiger partial charge in [-0.25, -0.2) is 0 Å². The second-order valence-corrected chi connectivity index (χ2v) is 2.29. The molecule has 1 atom stereocenters. The van der Waals surface area contributed by atoms with E-state index in [9.17, 15) is 0 Å². The molecular weight excluding hydrogens is 112 g/mol. The van der Waals surface area contributed by atoms with Crippen molar-refractivity contribution in [2.45, 2.75) is 19.3 Å². The van der Waals surface area contributed by atoms with E-state index in [0.29, 0.717) is 0 Å². The van der Waals surface area contributed by atoms with Crippen LogP contribution >= 0.6 is 0 Å². The van der Waals surface area contributed by atoms with Crippen LogP contribution < -0.4 is 0 Å². The molecule has 0 spiro atoms. The van der Waals surface area contributed by atoms with Gasteiger partial charge in [-0.1, -0.05) is 0 Å². The van der Waals surface area contributed by atoms with Gasteiger partial charge in [-0.3, -0.25) is 4.99 Å². The van der Waals surface area contributed by atoms with Gasteiger partial charge in [0.1, 0.15) is 0 Å². The topological polar surface area (TPSA) is 36.1 Å². The van der Waals surface area contributed by atoms with Crippen LogP contribution in [0.3, 0.4) is 0 Å². The molecule has 1 aliphatic rings. The van der Waals surface area contributed by atoms with Crippen LogP contribution in [0.15, 0.2) is 4.99 Å². The maximum atomic E-state index is 8.54. The summed E-state index contributed by atoms with van der Waals surface area (Å²) in [5, 5.41) is 8.54. The van der Waals surface area contributed by atoms with Crippen molar-refractivity contribution < 1.29 is 0 Å². The van der Waals surface area contributed by atoms with E-state index in [4.69, 9.17) is 5.26 Å². The van der Waals surface area contributed by atoms with Crippen molar-refractivity contribution in [3.8, 4) is 6.07 Å². The van der Waals surface area contributed by atoms with Crippen molar-refractivity contribution in [3.63, 3.8) is 0 Å². The molecule has 0 aromatic heterocycles. The van der Waals surface area contributed by atoms with Gasteiger partial charge in [0.25, 0.3) is 0 Å². The summed E-state index contributed by atoms with van der Waals surface area (Å²) in [6.07, 6.45) is 3.20. The summed E-state index contributed by atoms with van der Waals surface area (Å²) in [7, 11) is 1.77. The van der Waals surface area contributed by atoms with E-state index in [1.54, 1.807) is 7.05 Å². The second kappa shape index (κ2) is 2.63. The monoisotopic (exact) mass is 122 g/mol. The molecule has 1 aliphatic carbocycles. The fraction of sp³-hybridized carbons (Fsp3) is 0.714. The number of rotatable bonds is 0. The van der Waals surface area contributed by atoms with Crippen LogP contribution in [0.5, 0.6) is 0 Å². The Hall–Kier alpha value is -0.840. The minimum absolute atomic E-state index is 0.134. The molecule has 0 aliphatic heterocycles. The molecule has 0 amide bonds. The molecule has 48 valence electrons. The second-order valence-electron chi connectivity index (χ2n) is 2.29. The molecule has 9 heavy (non-hydrogen) atoms. The average Bonchev–Trinajstić information content (AvgIpc) is 2.33. The average molecular weight is 122 g/mol. The predicted octanol–water partition coefficient (Wildman–Crippen LogP) is 1.38. The standard InChI is InChI=1S/C7H10N2/c1-9-7-4-2-3-6(7)5-8/h6H,2-4H2,1H3/b9-7+. The molecule has 0 N–H and O–H groups in total. The molecule has 0 aromatic rings. The minimum atomic E-state index is 0.134. The van der Waals surface area contributed by atoms with Gasteiger partial charge in [0.15, 0.2) is 0 Å². The molecule has 0 heterocycles. The summed E-state index contributed by atoms with van der Waals surface area (Å²) >= 11 is 0. The first kappa shape index (κ1) is 6.28. The quantitative estimate of drug-likeness (QED) is 0.478. The molecule has 1 rings (SSSR count). The number of nitriles is 1. The van der Waals surface area contributed by atoms with Crippen LogP contribution in [0.4, 0.5) is 0 Å². The molecule has 0 bridgehead atoms. The largest absolute Gasteiger partial charge is 0.296 e. The SMILES string of the molecule is C/N=C1\CCCC1C#N. The highest BCUT2D eigenvalue weighted by Crippen LogP contribution is 2.21. The summed E-state index contributed by atoms with van der Waals surface area (Å²) in [5.41, 5.74) is 1.09. The Bertz CT molecular complexity index is 164. The first-order valence-corrected chi connectivity index (χ1v) is 3.23. The highest BCUT2D eigenvalue weighted by molar-refractivity contribution is 5.90. The third-order valence-electron chi connectivity index (χ3n) is 1.77. The summed E-state index contributed by atoms with van der Waals surface area (Å²) in [6, 6.07) is 2.23. The molecule has 0 saturated heterocycles. The van der Waals surface area contributed by atoms with Crippen LogP contribution in [0.25, 0.3) is 0 Å². The Morgan fingerprint density at radius 3 is 3.00 bits per heavy atom. The maximum Gasteiger partial charge on any atom is 0.0841 e. The third-order valence-corrected chi connectivity index (χ3v) is 1.77. The molecular formula is C7H10N2. The van der Waals surface area contributed by atoms with E-state index in [1.807, 2.05) is 0 Å². The number of hydrogen-bond donors (Lipinski definition) is 0. The van der Waals surface area contributed by atoms with Gasteiger partial charge in [0, 0.05) is 12.8 Å². The summed E-state index contributed by atoms with van der Waals surface area (Å²) in [4.78, 5) is 4.03. The van der Waals surface area contributed by atoms with Crippen molar-refractivity contribution in [2.75, 3.05) is 7.05 Å². The first-order valence-electron chi connectivity index (χ1n) is 3.23. The van der Waals surface area contributed by atoms with Gasteiger partial charge >= 0.3 is 0 Å². The van der Waals surface area contributed by atoms with Crippen molar-refractivity contribution in [2.24, 2.45) is 10.9 Å². The molecule has 1 unspecified atom stereocenters. The van der Waals surface area contributed by atoms with Crippen LogP contribution in [0.1, 0.15) is 19.3 Å². The maximum absolute atomic E-state index is 8.54. The zero-order valence-electron chi connectivity index (χ0n) is 5.59. The minimum Gasteiger partial charge on any atom is -0.296 e. The third kappa shape index (κ3) is 1.10. The van der Waals surface area contributed by atoms with Crippen LogP contribution in [0.2, 0.25) is 0 Å². The molecule has 0 aromatic carbocycles. The highest BCUT2D eigenvalue weighted by Gasteiger charge is 2.20. The van der Waals surface area contributed by atoms with Gasteiger partial charge in [-0.05, 0) is 19.3 Å². The van der Waals surface area contributed by atoms with Crippen LogP contribution in [-0.4, -0.2) is 12.8 Å². The summed E-state index contributed by atoms with van der Waals surface area (Å²) in [5.74, 6) is 0.134. The predicted molar refractivity (Wildman–Crippen MR) is 36.3 cm³/mol. The van der Waals surface area contributed by atoms with E-state index >= 15 is 0 Å². The first-order chi connectivity index (χ1) is 4.38. The molecule has 1 fully saturated rings. The van der Waals surface area contributed by atoms with E-state index in [2.05, 4.69) is 11.1 Å². The highest BCUT2D eigenvalue weighted by atomic mass is 14.7. The van der Waals surface area contributed by atoms with E-state index in [1.165, 1.54) is 0 Å². The van der Waals surface area contributed by atoms with Gasteiger partial charge in [0.05, 0.1) is 12.0 Å². The zero-order chi connectivity index (χ0) is 6.69. The lowest BCUT2D eigenvalue weighted by Gasteiger charge is -1.95. The number of aliphatic imine (C=N–C) groups is 1. The number of hydrogen-bond acceptors (Lipinski definition) is 2. The fourth-order valence-electron chi connectivity index (χ4n) is 1.23. The zero-order valence-corrected chi connectivity index (χ0v) is 5.59.